The Morgan fingerprint density at radius 3 is 2.60 bits per heavy atom. The van der Waals surface area contributed by atoms with Gasteiger partial charge < -0.3 is 10.2 Å². The molecule has 1 aromatic rings. The number of rotatable bonds is 2. The normalized spacial score (nSPS) is 25.4. The van der Waals surface area contributed by atoms with Gasteiger partial charge in [-0.2, -0.15) is 0 Å². The number of halogens is 3. The van der Waals surface area contributed by atoms with Crippen molar-refractivity contribution in [2.45, 2.75) is 24.8 Å². The summed E-state index contributed by atoms with van der Waals surface area (Å²) in [7, 11) is 1.96. The Balaban J connectivity index is 1.69. The molecule has 0 bridgehead atoms. The van der Waals surface area contributed by atoms with Gasteiger partial charge >= 0.3 is 0 Å². The van der Waals surface area contributed by atoms with E-state index in [0.717, 1.165) is 44.0 Å². The van der Waals surface area contributed by atoms with Crippen LogP contribution in [-0.4, -0.2) is 37.0 Å². The van der Waals surface area contributed by atoms with Crippen molar-refractivity contribution in [2.75, 3.05) is 20.1 Å². The van der Waals surface area contributed by atoms with Gasteiger partial charge in [0.1, 0.15) is 0 Å². The molecule has 0 radical (unpaired) electrons. The molecule has 3 rings (SSSR count). The van der Waals surface area contributed by atoms with E-state index >= 15 is 0 Å². The summed E-state index contributed by atoms with van der Waals surface area (Å²) in [4.78, 5) is 6.42. The van der Waals surface area contributed by atoms with Crippen LogP contribution in [0.1, 0.15) is 24.3 Å². The van der Waals surface area contributed by atoms with Gasteiger partial charge in [-0.3, -0.25) is 4.99 Å². The lowest BCUT2D eigenvalue weighted by Gasteiger charge is -2.25. The summed E-state index contributed by atoms with van der Waals surface area (Å²) in [6, 6.07) is 2.27. The zero-order valence-corrected chi connectivity index (χ0v) is 11.2. The average Bonchev–Trinajstić information content (AvgIpc) is 3.17. The third-order valence-electron chi connectivity index (χ3n) is 3.81. The Morgan fingerprint density at radius 1 is 1.25 bits per heavy atom. The van der Waals surface area contributed by atoms with Crippen molar-refractivity contribution in [3.8, 4) is 0 Å². The quantitative estimate of drug-likeness (QED) is 0.843. The SMILES string of the molecule is CN1CCCN=C1N[C@@H]1C[C@H]1c1cc(F)c(F)c(F)c1. The van der Waals surface area contributed by atoms with Crippen LogP contribution in [0.3, 0.4) is 0 Å². The number of aliphatic imine (C=N–C) groups is 1. The van der Waals surface area contributed by atoms with Crippen LogP contribution in [-0.2, 0) is 0 Å². The van der Waals surface area contributed by atoms with E-state index in [1.165, 1.54) is 0 Å². The smallest absolute Gasteiger partial charge is 0.194 e. The van der Waals surface area contributed by atoms with E-state index in [0.29, 0.717) is 5.56 Å². The molecule has 0 amide bonds. The molecule has 3 nitrogen and oxygen atoms in total. The number of hydrogen-bond donors (Lipinski definition) is 1. The van der Waals surface area contributed by atoms with E-state index < -0.39 is 17.5 Å². The second-order valence-electron chi connectivity index (χ2n) is 5.37. The van der Waals surface area contributed by atoms with Gasteiger partial charge in [0.05, 0.1) is 0 Å². The van der Waals surface area contributed by atoms with E-state index in [-0.39, 0.29) is 12.0 Å². The van der Waals surface area contributed by atoms with Crippen molar-refractivity contribution >= 4 is 5.96 Å². The van der Waals surface area contributed by atoms with Crippen LogP contribution >= 0.6 is 0 Å². The van der Waals surface area contributed by atoms with E-state index in [1.807, 2.05) is 11.9 Å². The van der Waals surface area contributed by atoms with E-state index in [2.05, 4.69) is 10.3 Å². The van der Waals surface area contributed by atoms with Crippen LogP contribution in [0.25, 0.3) is 0 Å². The van der Waals surface area contributed by atoms with Crippen LogP contribution in [0.15, 0.2) is 17.1 Å². The fourth-order valence-corrected chi connectivity index (χ4v) is 2.55. The zero-order chi connectivity index (χ0) is 14.3. The molecule has 1 aliphatic heterocycles. The molecule has 2 aliphatic rings. The maximum absolute atomic E-state index is 13.2. The van der Waals surface area contributed by atoms with Gasteiger partial charge in [-0.15, -0.1) is 0 Å². The molecule has 20 heavy (non-hydrogen) atoms. The van der Waals surface area contributed by atoms with Gasteiger partial charge in [0.2, 0.25) is 0 Å². The van der Waals surface area contributed by atoms with Crippen molar-refractivity contribution in [3.63, 3.8) is 0 Å². The van der Waals surface area contributed by atoms with Crippen molar-refractivity contribution in [1.29, 1.82) is 0 Å². The predicted molar refractivity (Wildman–Crippen MR) is 70.1 cm³/mol. The molecular formula is C14H16F3N3. The van der Waals surface area contributed by atoms with Crippen LogP contribution in [0, 0.1) is 17.5 Å². The van der Waals surface area contributed by atoms with E-state index in [1.54, 1.807) is 0 Å². The zero-order valence-electron chi connectivity index (χ0n) is 11.2. The Morgan fingerprint density at radius 2 is 1.95 bits per heavy atom. The Hall–Kier alpha value is -1.72. The number of hydrogen-bond acceptors (Lipinski definition) is 3. The summed E-state index contributed by atoms with van der Waals surface area (Å²) in [5, 5.41) is 3.28. The van der Waals surface area contributed by atoms with Gasteiger partial charge in [-0.25, -0.2) is 13.2 Å². The van der Waals surface area contributed by atoms with Crippen molar-refractivity contribution < 1.29 is 13.2 Å². The topological polar surface area (TPSA) is 27.6 Å². The summed E-state index contributed by atoms with van der Waals surface area (Å²) in [5.41, 5.74) is 0.498. The Kier molecular flexibility index (Phi) is 3.31. The summed E-state index contributed by atoms with van der Waals surface area (Å²) >= 11 is 0. The fourth-order valence-electron chi connectivity index (χ4n) is 2.55. The monoisotopic (exact) mass is 283 g/mol. The first-order chi connectivity index (χ1) is 9.56. The van der Waals surface area contributed by atoms with Gasteiger partial charge in [0.15, 0.2) is 23.4 Å². The maximum atomic E-state index is 13.2. The molecule has 0 unspecified atom stereocenters. The molecule has 1 aromatic carbocycles. The molecule has 0 spiro atoms. The highest BCUT2D eigenvalue weighted by atomic mass is 19.2. The Labute approximate surface area is 115 Å². The van der Waals surface area contributed by atoms with Crippen LogP contribution < -0.4 is 5.32 Å². The van der Waals surface area contributed by atoms with Crippen LogP contribution in [0.5, 0.6) is 0 Å². The molecule has 1 fully saturated rings. The average molecular weight is 283 g/mol. The molecule has 1 saturated carbocycles. The molecule has 1 N–H and O–H groups in total. The van der Waals surface area contributed by atoms with Gasteiger partial charge in [0.25, 0.3) is 0 Å². The first kappa shape index (κ1) is 13.3. The molecular weight excluding hydrogens is 267 g/mol. The lowest BCUT2D eigenvalue weighted by Crippen LogP contribution is -2.43. The molecule has 0 aromatic heterocycles. The minimum absolute atomic E-state index is 0.0117. The molecule has 1 aliphatic carbocycles. The summed E-state index contributed by atoms with van der Waals surface area (Å²) < 4.78 is 39.3. The molecule has 0 saturated heterocycles. The van der Waals surface area contributed by atoms with Gasteiger partial charge in [0, 0.05) is 32.1 Å². The molecule has 108 valence electrons. The van der Waals surface area contributed by atoms with E-state index in [9.17, 15) is 13.2 Å². The second kappa shape index (κ2) is 5.00. The molecule has 2 atom stereocenters. The van der Waals surface area contributed by atoms with Crippen LogP contribution in [0.2, 0.25) is 0 Å². The lowest BCUT2D eigenvalue weighted by atomic mass is 10.1. The molecule has 6 heteroatoms. The highest BCUT2D eigenvalue weighted by Crippen LogP contribution is 2.41. The van der Waals surface area contributed by atoms with Gasteiger partial charge in [-0.05, 0) is 30.5 Å². The lowest BCUT2D eigenvalue weighted by molar-refractivity contribution is 0.442. The third-order valence-corrected chi connectivity index (χ3v) is 3.81. The number of nitrogens with zero attached hydrogens (tertiary/aromatic N) is 2. The minimum atomic E-state index is -1.41. The first-order valence-corrected chi connectivity index (χ1v) is 6.73. The van der Waals surface area contributed by atoms with Crippen molar-refractivity contribution in [3.05, 3.63) is 35.1 Å². The maximum Gasteiger partial charge on any atom is 0.194 e. The standard InChI is InChI=1S/C14H16F3N3/c1-20-4-2-3-18-14(20)19-12-7-9(12)8-5-10(15)13(17)11(16)6-8/h5-6,9,12H,2-4,7H2,1H3,(H,18,19)/t9-,12+/m0/s1. The summed E-state index contributed by atoms with van der Waals surface area (Å²) in [5.74, 6) is -2.82. The number of guanidine groups is 1. The van der Waals surface area contributed by atoms with Crippen LogP contribution in [0.4, 0.5) is 13.2 Å². The van der Waals surface area contributed by atoms with Crippen molar-refractivity contribution in [1.82, 2.24) is 10.2 Å². The summed E-state index contributed by atoms with van der Waals surface area (Å²) in [6.45, 7) is 1.74. The Bertz CT molecular complexity index is 536. The number of benzene rings is 1. The minimum Gasteiger partial charge on any atom is -0.353 e. The second-order valence-corrected chi connectivity index (χ2v) is 5.37. The number of nitrogens with one attached hydrogen (secondary N) is 1. The summed E-state index contributed by atoms with van der Waals surface area (Å²) in [6.07, 6.45) is 1.81. The van der Waals surface area contributed by atoms with E-state index in [4.69, 9.17) is 0 Å². The van der Waals surface area contributed by atoms with Crippen molar-refractivity contribution in [2.24, 2.45) is 4.99 Å². The first-order valence-electron chi connectivity index (χ1n) is 6.73. The van der Waals surface area contributed by atoms with Gasteiger partial charge in [-0.1, -0.05) is 0 Å². The highest BCUT2D eigenvalue weighted by Gasteiger charge is 2.40. The molecule has 1 heterocycles. The fraction of sp³-hybridized carbons (Fsp3) is 0.500. The predicted octanol–water partition coefficient (Wildman–Crippen LogP) is 2.24. The largest absolute Gasteiger partial charge is 0.353 e. The third kappa shape index (κ3) is 2.46. The highest BCUT2D eigenvalue weighted by molar-refractivity contribution is 5.81.